The Morgan fingerprint density at radius 2 is 1.80 bits per heavy atom. The molecule has 20 heavy (non-hydrogen) atoms. The van der Waals surface area contributed by atoms with Crippen LogP contribution in [0.25, 0.3) is 0 Å². The number of nitrogens with zero attached hydrogens (tertiary/aromatic N) is 1. The van der Waals surface area contributed by atoms with Crippen molar-refractivity contribution < 1.29 is 14.0 Å². The van der Waals surface area contributed by atoms with Crippen LogP contribution in [0.3, 0.4) is 0 Å². The molecule has 0 aliphatic rings. The summed E-state index contributed by atoms with van der Waals surface area (Å²) in [5.74, 6) is 0.656. The second-order valence-corrected chi connectivity index (χ2v) is 4.54. The number of Topliss-reactive ketones (excluding diaryl/α,β-unsaturated/α-hetero) is 2. The summed E-state index contributed by atoms with van der Waals surface area (Å²) < 4.78 is 5.29. The maximum atomic E-state index is 12.1. The Kier molecular flexibility index (Phi) is 3.81. The van der Waals surface area contributed by atoms with Crippen LogP contribution in [0.4, 0.5) is 0 Å². The minimum absolute atomic E-state index is 0.203. The molecule has 0 aliphatic carbocycles. The van der Waals surface area contributed by atoms with Gasteiger partial charge in [0.25, 0.3) is 0 Å². The zero-order valence-corrected chi connectivity index (χ0v) is 11.3. The zero-order valence-electron chi connectivity index (χ0n) is 11.3. The summed E-state index contributed by atoms with van der Waals surface area (Å²) in [5.41, 5.74) is 1.36. The molecular weight excluding hydrogens is 254 g/mol. The van der Waals surface area contributed by atoms with E-state index in [1.165, 1.54) is 0 Å². The van der Waals surface area contributed by atoms with Crippen LogP contribution in [-0.2, 0) is 0 Å². The summed E-state index contributed by atoms with van der Waals surface area (Å²) in [4.78, 5) is 24.1. The van der Waals surface area contributed by atoms with Gasteiger partial charge < -0.3 is 4.42 Å². The van der Waals surface area contributed by atoms with E-state index in [-0.39, 0.29) is 18.0 Å². The quantitative estimate of drug-likeness (QED) is 0.629. The van der Waals surface area contributed by atoms with Crippen LogP contribution in [0.5, 0.6) is 0 Å². The van der Waals surface area contributed by atoms with E-state index in [9.17, 15) is 9.59 Å². The van der Waals surface area contributed by atoms with Crippen molar-refractivity contribution in [2.75, 3.05) is 0 Å². The molecule has 1 aromatic carbocycles. The molecule has 0 amide bonds. The minimum atomic E-state index is -0.266. The number of furan rings is 1. The molecule has 0 N–H and O–H groups in total. The van der Waals surface area contributed by atoms with E-state index in [2.05, 4.69) is 0 Å². The Hall–Kier alpha value is -2.67. The number of ketones is 2. The molecule has 0 atom stereocenters. The Morgan fingerprint density at radius 1 is 1.15 bits per heavy atom. The van der Waals surface area contributed by atoms with E-state index in [1.807, 2.05) is 6.07 Å². The molecule has 1 heterocycles. The van der Waals surface area contributed by atoms with Gasteiger partial charge in [-0.05, 0) is 32.0 Å². The topological polar surface area (TPSA) is 71.1 Å². The fourth-order valence-corrected chi connectivity index (χ4v) is 1.98. The van der Waals surface area contributed by atoms with Crippen molar-refractivity contribution >= 4 is 11.6 Å². The molecule has 0 saturated heterocycles. The first-order chi connectivity index (χ1) is 9.51. The first kappa shape index (κ1) is 13.8. The van der Waals surface area contributed by atoms with Gasteiger partial charge in [0.1, 0.15) is 11.5 Å². The molecule has 0 unspecified atom stereocenters. The molecule has 4 heteroatoms. The SMILES string of the molecule is Cc1cc(C(=O)CC(=O)c2ccc(C#N)cc2)c(C)o1. The second-order valence-electron chi connectivity index (χ2n) is 4.54. The molecule has 2 rings (SSSR count). The normalized spacial score (nSPS) is 10.1. The molecule has 0 aliphatic heterocycles. The fraction of sp³-hybridized carbons (Fsp3) is 0.188. The van der Waals surface area contributed by atoms with E-state index in [1.54, 1.807) is 44.2 Å². The van der Waals surface area contributed by atoms with Crippen LogP contribution < -0.4 is 0 Å². The van der Waals surface area contributed by atoms with E-state index in [4.69, 9.17) is 9.68 Å². The van der Waals surface area contributed by atoms with Crippen LogP contribution >= 0.6 is 0 Å². The predicted octanol–water partition coefficient (Wildman–Crippen LogP) is 3.22. The van der Waals surface area contributed by atoms with Crippen molar-refractivity contribution in [3.05, 3.63) is 58.5 Å². The average molecular weight is 267 g/mol. The summed E-state index contributed by atoms with van der Waals surface area (Å²) in [5, 5.41) is 8.69. The Bertz CT molecular complexity index is 702. The lowest BCUT2D eigenvalue weighted by Crippen LogP contribution is -2.08. The van der Waals surface area contributed by atoms with E-state index < -0.39 is 0 Å². The standard InChI is InChI=1S/C16H13NO3/c1-10-7-14(11(2)20-10)16(19)8-15(18)13-5-3-12(9-17)4-6-13/h3-7H,8H2,1-2H3. The highest BCUT2D eigenvalue weighted by molar-refractivity contribution is 6.13. The summed E-state index contributed by atoms with van der Waals surface area (Å²) >= 11 is 0. The molecule has 0 radical (unpaired) electrons. The highest BCUT2D eigenvalue weighted by atomic mass is 16.3. The molecule has 4 nitrogen and oxygen atoms in total. The van der Waals surface area contributed by atoms with Gasteiger partial charge in [-0.2, -0.15) is 5.26 Å². The summed E-state index contributed by atoms with van der Waals surface area (Å²) in [6, 6.07) is 9.86. The maximum absolute atomic E-state index is 12.1. The average Bonchev–Trinajstić information content (AvgIpc) is 2.78. The van der Waals surface area contributed by atoms with Gasteiger partial charge in [0.15, 0.2) is 11.6 Å². The van der Waals surface area contributed by atoms with Crippen molar-refractivity contribution in [3.8, 4) is 6.07 Å². The third-order valence-corrected chi connectivity index (χ3v) is 3.00. The maximum Gasteiger partial charge on any atom is 0.174 e. The monoisotopic (exact) mass is 267 g/mol. The number of hydrogen-bond donors (Lipinski definition) is 0. The minimum Gasteiger partial charge on any atom is -0.466 e. The van der Waals surface area contributed by atoms with Crippen LogP contribution in [0.1, 0.15) is 44.2 Å². The van der Waals surface area contributed by atoms with Gasteiger partial charge in [-0.1, -0.05) is 12.1 Å². The lowest BCUT2D eigenvalue weighted by atomic mass is 10.0. The van der Waals surface area contributed by atoms with Crippen LogP contribution in [-0.4, -0.2) is 11.6 Å². The van der Waals surface area contributed by atoms with Crippen LogP contribution in [0, 0.1) is 25.2 Å². The zero-order chi connectivity index (χ0) is 14.7. The lowest BCUT2D eigenvalue weighted by Gasteiger charge is -2.00. The van der Waals surface area contributed by atoms with E-state index in [0.29, 0.717) is 28.2 Å². The van der Waals surface area contributed by atoms with Gasteiger partial charge in [0, 0.05) is 5.56 Å². The molecule has 0 saturated carbocycles. The first-order valence-corrected chi connectivity index (χ1v) is 6.15. The van der Waals surface area contributed by atoms with Gasteiger partial charge in [-0.3, -0.25) is 9.59 Å². The van der Waals surface area contributed by atoms with Crippen molar-refractivity contribution in [2.24, 2.45) is 0 Å². The van der Waals surface area contributed by atoms with E-state index >= 15 is 0 Å². The Morgan fingerprint density at radius 3 is 2.30 bits per heavy atom. The smallest absolute Gasteiger partial charge is 0.174 e. The number of nitriles is 1. The van der Waals surface area contributed by atoms with Gasteiger partial charge in [-0.15, -0.1) is 0 Å². The number of rotatable bonds is 4. The van der Waals surface area contributed by atoms with Crippen LogP contribution in [0.15, 0.2) is 34.7 Å². The van der Waals surface area contributed by atoms with Crippen molar-refractivity contribution in [3.63, 3.8) is 0 Å². The summed E-state index contributed by atoms with van der Waals surface area (Å²) in [6.07, 6.45) is -0.203. The number of carbonyl (C=O) groups is 2. The number of benzene rings is 1. The predicted molar refractivity (Wildman–Crippen MR) is 72.6 cm³/mol. The third kappa shape index (κ3) is 2.83. The van der Waals surface area contributed by atoms with Gasteiger partial charge in [0.05, 0.1) is 23.6 Å². The second kappa shape index (κ2) is 5.54. The molecular formula is C16H13NO3. The molecule has 0 spiro atoms. The number of carbonyl (C=O) groups excluding carboxylic acids is 2. The third-order valence-electron chi connectivity index (χ3n) is 3.00. The molecule has 100 valence electrons. The largest absolute Gasteiger partial charge is 0.466 e. The molecule has 0 bridgehead atoms. The van der Waals surface area contributed by atoms with Gasteiger partial charge in [-0.25, -0.2) is 0 Å². The Labute approximate surface area is 116 Å². The number of hydrogen-bond acceptors (Lipinski definition) is 4. The summed E-state index contributed by atoms with van der Waals surface area (Å²) in [7, 11) is 0. The highest BCUT2D eigenvalue weighted by Crippen LogP contribution is 2.17. The Balaban J connectivity index is 2.13. The van der Waals surface area contributed by atoms with Crippen molar-refractivity contribution in [2.45, 2.75) is 20.3 Å². The van der Waals surface area contributed by atoms with Gasteiger partial charge in [0.2, 0.25) is 0 Å². The lowest BCUT2D eigenvalue weighted by molar-refractivity contribution is 0.0893. The van der Waals surface area contributed by atoms with Crippen molar-refractivity contribution in [1.82, 2.24) is 0 Å². The first-order valence-electron chi connectivity index (χ1n) is 6.15. The van der Waals surface area contributed by atoms with Gasteiger partial charge >= 0.3 is 0 Å². The molecule has 1 aromatic heterocycles. The molecule has 2 aromatic rings. The molecule has 0 fully saturated rings. The fourth-order valence-electron chi connectivity index (χ4n) is 1.98. The van der Waals surface area contributed by atoms with Crippen molar-refractivity contribution in [1.29, 1.82) is 5.26 Å². The van der Waals surface area contributed by atoms with E-state index in [0.717, 1.165) is 0 Å². The number of aryl methyl sites for hydroxylation is 2. The van der Waals surface area contributed by atoms with Crippen LogP contribution in [0.2, 0.25) is 0 Å². The highest BCUT2D eigenvalue weighted by Gasteiger charge is 2.18. The summed E-state index contributed by atoms with van der Waals surface area (Å²) in [6.45, 7) is 3.46.